The molecule has 90 valence electrons. The average molecular weight is 249 g/mol. The van der Waals surface area contributed by atoms with E-state index < -0.39 is 0 Å². The second-order valence-corrected chi connectivity index (χ2v) is 4.84. The van der Waals surface area contributed by atoms with Crippen molar-refractivity contribution in [1.29, 1.82) is 0 Å². The summed E-state index contributed by atoms with van der Waals surface area (Å²) < 4.78 is 1.69. The lowest BCUT2D eigenvalue weighted by Gasteiger charge is -2.02. The van der Waals surface area contributed by atoms with Crippen LogP contribution >= 0.6 is 11.8 Å². The molecule has 0 aliphatic heterocycles. The molecule has 0 aliphatic carbocycles. The van der Waals surface area contributed by atoms with Crippen molar-refractivity contribution in [2.75, 3.05) is 11.5 Å². The van der Waals surface area contributed by atoms with E-state index in [9.17, 15) is 0 Å². The molecular formula is C11H15N5S. The maximum absolute atomic E-state index is 5.72. The number of hydrogen-bond donors (Lipinski definition) is 1. The predicted octanol–water partition coefficient (Wildman–Crippen LogP) is 1.52. The zero-order valence-electron chi connectivity index (χ0n) is 9.71. The highest BCUT2D eigenvalue weighted by molar-refractivity contribution is 7.99. The fraction of sp³-hybridized carbons (Fsp3) is 0.364. The van der Waals surface area contributed by atoms with Gasteiger partial charge in [-0.25, -0.2) is 4.68 Å². The molecule has 0 unspecified atom stereocenters. The third-order valence-electron chi connectivity index (χ3n) is 2.37. The first-order valence-electron chi connectivity index (χ1n) is 5.45. The van der Waals surface area contributed by atoms with Crippen molar-refractivity contribution in [3.8, 4) is 0 Å². The Bertz CT molecular complexity index is 482. The minimum absolute atomic E-state index is 0.827. The summed E-state index contributed by atoms with van der Waals surface area (Å²) in [5.41, 5.74) is 7.83. The Morgan fingerprint density at radius 3 is 3.00 bits per heavy atom. The lowest BCUT2D eigenvalue weighted by Crippen LogP contribution is -1.95. The molecule has 0 radical (unpaired) electrons. The van der Waals surface area contributed by atoms with Crippen LogP contribution in [0.2, 0.25) is 0 Å². The van der Waals surface area contributed by atoms with E-state index in [0.29, 0.717) is 0 Å². The van der Waals surface area contributed by atoms with E-state index in [0.717, 1.165) is 29.4 Å². The minimum atomic E-state index is 0.827. The predicted molar refractivity (Wildman–Crippen MR) is 68.7 cm³/mol. The summed E-state index contributed by atoms with van der Waals surface area (Å²) >= 11 is 1.67. The number of tetrazole rings is 1. The number of rotatable bonds is 5. The lowest BCUT2D eigenvalue weighted by atomic mass is 10.1. The highest BCUT2D eigenvalue weighted by Crippen LogP contribution is 2.15. The van der Waals surface area contributed by atoms with Crippen LogP contribution in [0.3, 0.4) is 0 Å². The highest BCUT2D eigenvalue weighted by atomic mass is 32.2. The first kappa shape index (κ1) is 11.9. The van der Waals surface area contributed by atoms with Gasteiger partial charge in [-0.2, -0.15) is 0 Å². The van der Waals surface area contributed by atoms with Crippen molar-refractivity contribution in [3.05, 3.63) is 29.8 Å². The van der Waals surface area contributed by atoms with Gasteiger partial charge in [0.25, 0.3) is 0 Å². The van der Waals surface area contributed by atoms with Crippen LogP contribution in [0.1, 0.15) is 12.0 Å². The summed E-state index contributed by atoms with van der Waals surface area (Å²) in [4.78, 5) is 0. The minimum Gasteiger partial charge on any atom is -0.399 e. The Labute approximate surface area is 104 Å². The van der Waals surface area contributed by atoms with Crippen LogP contribution in [0.5, 0.6) is 0 Å². The topological polar surface area (TPSA) is 69.6 Å². The molecule has 0 bridgehead atoms. The molecule has 1 aromatic carbocycles. The van der Waals surface area contributed by atoms with Crippen LogP contribution < -0.4 is 5.73 Å². The molecule has 0 aliphatic rings. The van der Waals surface area contributed by atoms with Crippen LogP contribution in [-0.4, -0.2) is 26.0 Å². The van der Waals surface area contributed by atoms with Gasteiger partial charge in [-0.05, 0) is 41.0 Å². The third-order valence-corrected chi connectivity index (χ3v) is 3.47. The number of aromatic nitrogens is 4. The summed E-state index contributed by atoms with van der Waals surface area (Å²) in [5, 5.41) is 12.2. The van der Waals surface area contributed by atoms with Gasteiger partial charge in [-0.3, -0.25) is 0 Å². The first-order valence-corrected chi connectivity index (χ1v) is 6.44. The van der Waals surface area contributed by atoms with E-state index >= 15 is 0 Å². The van der Waals surface area contributed by atoms with Crippen molar-refractivity contribution in [1.82, 2.24) is 20.2 Å². The van der Waals surface area contributed by atoms with Gasteiger partial charge in [0, 0.05) is 18.5 Å². The van der Waals surface area contributed by atoms with Crippen molar-refractivity contribution >= 4 is 17.4 Å². The number of thioether (sulfide) groups is 1. The highest BCUT2D eigenvalue weighted by Gasteiger charge is 2.02. The molecule has 0 amide bonds. The number of benzene rings is 1. The molecule has 2 aromatic rings. The van der Waals surface area contributed by atoms with E-state index in [1.165, 1.54) is 5.56 Å². The van der Waals surface area contributed by atoms with E-state index in [2.05, 4.69) is 21.6 Å². The van der Waals surface area contributed by atoms with E-state index in [-0.39, 0.29) is 0 Å². The normalized spacial score (nSPS) is 10.6. The summed E-state index contributed by atoms with van der Waals surface area (Å²) in [5.74, 6) is 1.00. The number of aryl methyl sites for hydroxylation is 2. The van der Waals surface area contributed by atoms with E-state index in [1.54, 1.807) is 16.4 Å². The first-order chi connectivity index (χ1) is 8.25. The monoisotopic (exact) mass is 249 g/mol. The number of nitrogens with zero attached hydrogens (tertiary/aromatic N) is 4. The molecule has 5 nitrogen and oxygen atoms in total. The molecule has 6 heteroatoms. The smallest absolute Gasteiger partial charge is 0.209 e. The van der Waals surface area contributed by atoms with Crippen LogP contribution in [-0.2, 0) is 13.5 Å². The Kier molecular flexibility index (Phi) is 3.98. The quantitative estimate of drug-likeness (QED) is 0.494. The van der Waals surface area contributed by atoms with Gasteiger partial charge < -0.3 is 5.73 Å². The van der Waals surface area contributed by atoms with Crippen LogP contribution in [0.25, 0.3) is 0 Å². The summed E-state index contributed by atoms with van der Waals surface area (Å²) in [7, 11) is 1.85. The molecule has 0 saturated carbocycles. The van der Waals surface area contributed by atoms with Gasteiger partial charge in [0.05, 0.1) is 0 Å². The molecule has 0 atom stereocenters. The van der Waals surface area contributed by atoms with Gasteiger partial charge in [-0.1, -0.05) is 23.9 Å². The third kappa shape index (κ3) is 3.45. The molecule has 0 fully saturated rings. The Morgan fingerprint density at radius 2 is 2.29 bits per heavy atom. The van der Waals surface area contributed by atoms with Crippen LogP contribution in [0.4, 0.5) is 5.69 Å². The number of nitrogen functional groups attached to an aromatic ring is 1. The van der Waals surface area contributed by atoms with Crippen molar-refractivity contribution in [3.63, 3.8) is 0 Å². The van der Waals surface area contributed by atoms with Crippen molar-refractivity contribution in [2.45, 2.75) is 18.0 Å². The molecule has 2 rings (SSSR count). The molecule has 2 N–H and O–H groups in total. The molecule has 1 aromatic heterocycles. The Balaban J connectivity index is 1.75. The number of nitrogens with two attached hydrogens (primary N) is 1. The lowest BCUT2D eigenvalue weighted by molar-refractivity contribution is 0.664. The standard InChI is InChI=1S/C11H15N5S/c1-16-11(13-14-15-16)17-7-3-5-9-4-2-6-10(12)8-9/h2,4,6,8H,3,5,7,12H2,1H3. The van der Waals surface area contributed by atoms with Gasteiger partial charge in [-0.15, -0.1) is 5.10 Å². The van der Waals surface area contributed by atoms with Gasteiger partial charge >= 0.3 is 0 Å². The number of hydrogen-bond acceptors (Lipinski definition) is 5. The van der Waals surface area contributed by atoms with Gasteiger partial charge in [0.15, 0.2) is 0 Å². The van der Waals surface area contributed by atoms with Crippen molar-refractivity contribution < 1.29 is 0 Å². The maximum Gasteiger partial charge on any atom is 0.209 e. The van der Waals surface area contributed by atoms with Gasteiger partial charge in [0.1, 0.15) is 0 Å². The molecule has 0 spiro atoms. The Hall–Kier alpha value is -1.56. The van der Waals surface area contributed by atoms with E-state index in [4.69, 9.17) is 5.73 Å². The Morgan fingerprint density at radius 1 is 1.41 bits per heavy atom. The average Bonchev–Trinajstić information content (AvgIpc) is 2.71. The SMILES string of the molecule is Cn1nnnc1SCCCc1cccc(N)c1. The van der Waals surface area contributed by atoms with E-state index in [1.807, 2.05) is 25.2 Å². The molecule has 1 heterocycles. The fourth-order valence-electron chi connectivity index (χ4n) is 1.53. The number of anilines is 1. The summed E-state index contributed by atoms with van der Waals surface area (Å²) in [6.45, 7) is 0. The second-order valence-electron chi connectivity index (χ2n) is 3.78. The van der Waals surface area contributed by atoms with Crippen LogP contribution in [0, 0.1) is 0 Å². The molecule has 0 saturated heterocycles. The summed E-state index contributed by atoms with van der Waals surface area (Å²) in [6.07, 6.45) is 2.12. The largest absolute Gasteiger partial charge is 0.399 e. The van der Waals surface area contributed by atoms with Gasteiger partial charge in [0.2, 0.25) is 5.16 Å². The fourth-order valence-corrected chi connectivity index (χ4v) is 2.32. The van der Waals surface area contributed by atoms with Crippen molar-refractivity contribution in [2.24, 2.45) is 7.05 Å². The van der Waals surface area contributed by atoms with Crippen LogP contribution in [0.15, 0.2) is 29.4 Å². The second kappa shape index (κ2) is 5.67. The zero-order chi connectivity index (χ0) is 12.1. The summed E-state index contributed by atoms with van der Waals surface area (Å²) in [6, 6.07) is 8.02. The molecule has 17 heavy (non-hydrogen) atoms. The maximum atomic E-state index is 5.72. The zero-order valence-corrected chi connectivity index (χ0v) is 10.5. The molecular weight excluding hydrogens is 234 g/mol.